The molecule has 0 fully saturated rings. The van der Waals surface area contributed by atoms with Crippen molar-refractivity contribution in [3.63, 3.8) is 0 Å². The van der Waals surface area contributed by atoms with Crippen LogP contribution in [0.3, 0.4) is 0 Å². The first-order valence-electron chi connectivity index (χ1n) is 11.1. The highest BCUT2D eigenvalue weighted by Crippen LogP contribution is 2.38. The van der Waals surface area contributed by atoms with E-state index < -0.39 is 23.4 Å². The third-order valence-electron chi connectivity index (χ3n) is 5.81. The number of amides is 1. The Bertz CT molecular complexity index is 1670. The number of pyridine rings is 1. The second kappa shape index (κ2) is 9.69. The van der Waals surface area contributed by atoms with Crippen LogP contribution in [0.25, 0.3) is 21.7 Å². The molecular formula is C28H19F3N2O4. The molecule has 1 heterocycles. The van der Waals surface area contributed by atoms with E-state index in [2.05, 4.69) is 10.3 Å². The molecule has 0 atom stereocenters. The SMILES string of the molecule is COc1cc2nccc(Oc3ccc4c(C(=O)Nc5ccc(F)c(F)c5)cccc4c3F)c2cc1OC. The summed E-state index contributed by atoms with van der Waals surface area (Å²) in [5.41, 5.74) is 0.782. The van der Waals surface area contributed by atoms with Crippen LogP contribution >= 0.6 is 0 Å². The number of halogens is 3. The van der Waals surface area contributed by atoms with Gasteiger partial charge in [-0.05, 0) is 47.9 Å². The number of aromatic nitrogens is 1. The Balaban J connectivity index is 1.50. The lowest BCUT2D eigenvalue weighted by molar-refractivity contribution is 0.102. The van der Waals surface area contributed by atoms with Crippen molar-refractivity contribution in [3.8, 4) is 23.0 Å². The number of nitrogens with one attached hydrogen (secondary N) is 1. The highest BCUT2D eigenvalue weighted by molar-refractivity contribution is 6.13. The second-order valence-electron chi connectivity index (χ2n) is 8.00. The van der Waals surface area contributed by atoms with E-state index in [1.807, 2.05) is 0 Å². The quantitative estimate of drug-likeness (QED) is 0.273. The Morgan fingerprint density at radius 1 is 0.757 bits per heavy atom. The maximum atomic E-state index is 15.6. The van der Waals surface area contributed by atoms with E-state index in [4.69, 9.17) is 14.2 Å². The largest absolute Gasteiger partial charge is 0.493 e. The van der Waals surface area contributed by atoms with Gasteiger partial charge in [0.15, 0.2) is 34.7 Å². The molecule has 0 aliphatic carbocycles. The van der Waals surface area contributed by atoms with Crippen LogP contribution in [-0.4, -0.2) is 25.1 Å². The number of benzene rings is 4. The van der Waals surface area contributed by atoms with E-state index in [0.29, 0.717) is 33.5 Å². The smallest absolute Gasteiger partial charge is 0.256 e. The van der Waals surface area contributed by atoms with Crippen LogP contribution in [-0.2, 0) is 0 Å². The second-order valence-corrected chi connectivity index (χ2v) is 8.00. The number of rotatable bonds is 6. The summed E-state index contributed by atoms with van der Waals surface area (Å²) in [5, 5.41) is 3.55. The lowest BCUT2D eigenvalue weighted by atomic mass is 10.0. The van der Waals surface area contributed by atoms with Gasteiger partial charge in [-0.2, -0.15) is 0 Å². The molecule has 0 saturated heterocycles. The zero-order valence-corrected chi connectivity index (χ0v) is 19.6. The van der Waals surface area contributed by atoms with Gasteiger partial charge < -0.3 is 19.5 Å². The molecule has 0 aliphatic rings. The molecule has 0 aliphatic heterocycles. The van der Waals surface area contributed by atoms with Crippen LogP contribution in [0.4, 0.5) is 18.9 Å². The van der Waals surface area contributed by atoms with Crippen molar-refractivity contribution in [2.45, 2.75) is 0 Å². The van der Waals surface area contributed by atoms with Crippen LogP contribution in [0.5, 0.6) is 23.0 Å². The number of nitrogens with zero attached hydrogens (tertiary/aromatic N) is 1. The van der Waals surface area contributed by atoms with Gasteiger partial charge in [-0.25, -0.2) is 13.2 Å². The van der Waals surface area contributed by atoms with Gasteiger partial charge in [0.2, 0.25) is 0 Å². The number of carbonyl (C=O) groups excluding carboxylic acids is 1. The molecule has 5 rings (SSSR count). The molecule has 1 N–H and O–H groups in total. The molecule has 0 unspecified atom stereocenters. The van der Waals surface area contributed by atoms with Crippen molar-refractivity contribution in [1.82, 2.24) is 4.98 Å². The minimum absolute atomic E-state index is 0.0621. The first-order valence-corrected chi connectivity index (χ1v) is 11.1. The van der Waals surface area contributed by atoms with E-state index in [0.717, 1.165) is 12.1 Å². The van der Waals surface area contributed by atoms with E-state index in [1.165, 1.54) is 50.7 Å². The highest BCUT2D eigenvalue weighted by atomic mass is 19.2. The molecule has 0 spiro atoms. The van der Waals surface area contributed by atoms with Gasteiger partial charge in [-0.15, -0.1) is 0 Å². The number of hydrogen-bond donors (Lipinski definition) is 1. The molecule has 0 bridgehead atoms. The predicted octanol–water partition coefficient (Wildman–Crippen LogP) is 6.87. The molecule has 186 valence electrons. The molecule has 1 amide bonds. The molecule has 0 saturated carbocycles. The number of hydrogen-bond acceptors (Lipinski definition) is 5. The normalized spacial score (nSPS) is 10.9. The Labute approximate surface area is 209 Å². The fourth-order valence-corrected chi connectivity index (χ4v) is 4.01. The van der Waals surface area contributed by atoms with E-state index in [1.54, 1.807) is 24.3 Å². The summed E-state index contributed by atoms with van der Waals surface area (Å²) in [7, 11) is 3.02. The van der Waals surface area contributed by atoms with Crippen molar-refractivity contribution in [1.29, 1.82) is 0 Å². The van der Waals surface area contributed by atoms with Crippen LogP contribution in [0.2, 0.25) is 0 Å². The molecule has 1 aromatic heterocycles. The molecular weight excluding hydrogens is 485 g/mol. The zero-order chi connectivity index (χ0) is 26.1. The molecule has 6 nitrogen and oxygen atoms in total. The number of ether oxygens (including phenoxy) is 3. The van der Waals surface area contributed by atoms with Crippen LogP contribution in [0.1, 0.15) is 10.4 Å². The fourth-order valence-electron chi connectivity index (χ4n) is 4.01. The van der Waals surface area contributed by atoms with Crippen molar-refractivity contribution < 1.29 is 32.2 Å². The van der Waals surface area contributed by atoms with Gasteiger partial charge in [0.1, 0.15) is 5.75 Å². The first-order chi connectivity index (χ1) is 17.9. The lowest BCUT2D eigenvalue weighted by Gasteiger charge is -2.14. The van der Waals surface area contributed by atoms with E-state index in [-0.39, 0.29) is 22.4 Å². The minimum atomic E-state index is -1.09. The van der Waals surface area contributed by atoms with Gasteiger partial charge in [0.05, 0.1) is 19.7 Å². The average Bonchev–Trinajstić information content (AvgIpc) is 2.91. The fraction of sp³-hybridized carbons (Fsp3) is 0.0714. The van der Waals surface area contributed by atoms with Crippen molar-refractivity contribution in [3.05, 3.63) is 95.9 Å². The van der Waals surface area contributed by atoms with Crippen molar-refractivity contribution in [2.24, 2.45) is 0 Å². The number of carbonyl (C=O) groups is 1. The standard InChI is InChI=1S/C28H19F3N2O4/c1-35-25-13-19-22(14-26(25)36-2)32-11-10-23(19)37-24-9-7-16-17(27(24)31)4-3-5-18(16)28(34)33-15-6-8-20(29)21(30)12-15/h3-14H,1-2H3,(H,33,34). The zero-order valence-electron chi connectivity index (χ0n) is 19.6. The maximum Gasteiger partial charge on any atom is 0.256 e. The highest BCUT2D eigenvalue weighted by Gasteiger charge is 2.18. The first kappa shape index (κ1) is 23.9. The van der Waals surface area contributed by atoms with Gasteiger partial charge in [0.25, 0.3) is 5.91 Å². The van der Waals surface area contributed by atoms with E-state index in [9.17, 15) is 13.6 Å². The molecule has 4 aromatic carbocycles. The maximum absolute atomic E-state index is 15.6. The number of methoxy groups -OCH3 is 2. The number of fused-ring (bicyclic) bond motifs is 2. The van der Waals surface area contributed by atoms with Gasteiger partial charge in [-0.3, -0.25) is 9.78 Å². The topological polar surface area (TPSA) is 69.7 Å². The van der Waals surface area contributed by atoms with Gasteiger partial charge in [0, 0.05) is 40.4 Å². The summed E-state index contributed by atoms with van der Waals surface area (Å²) in [4.78, 5) is 17.2. The summed E-state index contributed by atoms with van der Waals surface area (Å²) < 4.78 is 58.9. The molecule has 0 radical (unpaired) electrons. The van der Waals surface area contributed by atoms with Gasteiger partial charge in [-0.1, -0.05) is 12.1 Å². The molecule has 37 heavy (non-hydrogen) atoms. The monoisotopic (exact) mass is 504 g/mol. The number of anilines is 1. The summed E-state index contributed by atoms with van der Waals surface area (Å²) in [6, 6.07) is 15.5. The third-order valence-corrected chi connectivity index (χ3v) is 5.81. The van der Waals surface area contributed by atoms with E-state index >= 15 is 4.39 Å². The van der Waals surface area contributed by atoms with Crippen LogP contribution < -0.4 is 19.5 Å². The molecule has 9 heteroatoms. The summed E-state index contributed by atoms with van der Waals surface area (Å²) in [5.74, 6) is -2.17. The summed E-state index contributed by atoms with van der Waals surface area (Å²) in [6.45, 7) is 0. The Morgan fingerprint density at radius 3 is 2.30 bits per heavy atom. The lowest BCUT2D eigenvalue weighted by Crippen LogP contribution is -2.13. The Kier molecular flexibility index (Phi) is 6.27. The summed E-state index contributed by atoms with van der Waals surface area (Å²) in [6.07, 6.45) is 1.53. The molecule has 5 aromatic rings. The van der Waals surface area contributed by atoms with Gasteiger partial charge >= 0.3 is 0 Å². The third kappa shape index (κ3) is 4.47. The Hall–Kier alpha value is -4.79. The average molecular weight is 504 g/mol. The summed E-state index contributed by atoms with van der Waals surface area (Å²) >= 11 is 0. The Morgan fingerprint density at radius 2 is 1.54 bits per heavy atom. The van der Waals surface area contributed by atoms with Crippen LogP contribution in [0.15, 0.2) is 72.9 Å². The minimum Gasteiger partial charge on any atom is -0.493 e. The van der Waals surface area contributed by atoms with Crippen molar-refractivity contribution in [2.75, 3.05) is 19.5 Å². The predicted molar refractivity (Wildman–Crippen MR) is 133 cm³/mol. The van der Waals surface area contributed by atoms with Crippen molar-refractivity contribution >= 4 is 33.3 Å². The van der Waals surface area contributed by atoms with Crippen LogP contribution in [0, 0.1) is 17.5 Å².